The van der Waals surface area contributed by atoms with E-state index in [4.69, 9.17) is 4.74 Å². The third kappa shape index (κ3) is 4.37. The number of amides is 2. The van der Waals surface area contributed by atoms with Crippen LogP contribution >= 0.6 is 0 Å². The van der Waals surface area contributed by atoms with Gasteiger partial charge in [0.2, 0.25) is 0 Å². The van der Waals surface area contributed by atoms with Gasteiger partial charge in [-0.05, 0) is 44.7 Å². The molecule has 2 N–H and O–H groups in total. The van der Waals surface area contributed by atoms with E-state index in [2.05, 4.69) is 15.6 Å². The van der Waals surface area contributed by atoms with Crippen molar-refractivity contribution in [1.82, 2.24) is 15.2 Å². The molecule has 1 saturated heterocycles. The molecule has 1 aliphatic carbocycles. The number of anilines is 1. The molecular formula is C17H24N4O3. The molecule has 7 heteroatoms. The summed E-state index contributed by atoms with van der Waals surface area (Å²) in [6.07, 6.45) is 5.32. The summed E-state index contributed by atoms with van der Waals surface area (Å²) in [5, 5.41) is 6.34. The SMILES string of the molecule is CCOC(=O)N1CCC(Nc2ccc(C(=O)NC3CC3)nc2)CC1. The molecule has 0 radical (unpaired) electrons. The fourth-order valence-corrected chi connectivity index (χ4v) is 2.76. The normalized spacial score (nSPS) is 18.1. The van der Waals surface area contributed by atoms with Gasteiger partial charge in [0.15, 0.2) is 0 Å². The van der Waals surface area contributed by atoms with Crippen LogP contribution in [-0.2, 0) is 4.74 Å². The second-order valence-corrected chi connectivity index (χ2v) is 6.28. The molecule has 0 bridgehead atoms. The highest BCUT2D eigenvalue weighted by Gasteiger charge is 2.25. The molecule has 0 unspecified atom stereocenters. The summed E-state index contributed by atoms with van der Waals surface area (Å²) >= 11 is 0. The Balaban J connectivity index is 1.46. The Morgan fingerprint density at radius 2 is 1.96 bits per heavy atom. The third-order valence-corrected chi connectivity index (χ3v) is 4.30. The van der Waals surface area contributed by atoms with Crippen LogP contribution in [0, 0.1) is 0 Å². The summed E-state index contributed by atoms with van der Waals surface area (Å²) in [6, 6.07) is 4.26. The molecule has 7 nitrogen and oxygen atoms in total. The highest BCUT2D eigenvalue weighted by atomic mass is 16.6. The zero-order valence-electron chi connectivity index (χ0n) is 14.0. The smallest absolute Gasteiger partial charge is 0.409 e. The first-order valence-corrected chi connectivity index (χ1v) is 8.61. The number of carbonyl (C=O) groups is 2. The second kappa shape index (κ2) is 7.51. The first kappa shape index (κ1) is 16.5. The van der Waals surface area contributed by atoms with Gasteiger partial charge < -0.3 is 20.3 Å². The van der Waals surface area contributed by atoms with Crippen molar-refractivity contribution in [2.45, 2.75) is 44.7 Å². The van der Waals surface area contributed by atoms with E-state index < -0.39 is 0 Å². The number of hydrogen-bond donors (Lipinski definition) is 2. The van der Waals surface area contributed by atoms with Gasteiger partial charge in [-0.2, -0.15) is 0 Å². The predicted octanol–water partition coefficient (Wildman–Crippen LogP) is 2.01. The van der Waals surface area contributed by atoms with Crippen molar-refractivity contribution in [2.24, 2.45) is 0 Å². The van der Waals surface area contributed by atoms with Gasteiger partial charge in [0, 0.05) is 25.2 Å². The van der Waals surface area contributed by atoms with E-state index in [1.54, 1.807) is 17.2 Å². The van der Waals surface area contributed by atoms with Crippen molar-refractivity contribution in [3.8, 4) is 0 Å². The number of pyridine rings is 1. The number of hydrogen-bond acceptors (Lipinski definition) is 5. The number of rotatable bonds is 5. The first-order chi connectivity index (χ1) is 11.7. The van der Waals surface area contributed by atoms with Crippen LogP contribution in [0.25, 0.3) is 0 Å². The minimum Gasteiger partial charge on any atom is -0.450 e. The van der Waals surface area contributed by atoms with Crippen LogP contribution in [0.3, 0.4) is 0 Å². The molecule has 3 rings (SSSR count). The van der Waals surface area contributed by atoms with Crippen LogP contribution in [0.4, 0.5) is 10.5 Å². The van der Waals surface area contributed by atoms with Crippen molar-refractivity contribution in [1.29, 1.82) is 0 Å². The molecule has 1 aliphatic heterocycles. The number of nitrogens with one attached hydrogen (secondary N) is 2. The summed E-state index contributed by atoms with van der Waals surface area (Å²) in [7, 11) is 0. The van der Waals surface area contributed by atoms with Gasteiger partial charge in [0.25, 0.3) is 5.91 Å². The molecule has 0 aromatic carbocycles. The fourth-order valence-electron chi connectivity index (χ4n) is 2.76. The van der Waals surface area contributed by atoms with Gasteiger partial charge in [-0.15, -0.1) is 0 Å². The number of carbonyl (C=O) groups excluding carboxylic acids is 2. The number of likely N-dealkylation sites (tertiary alicyclic amines) is 1. The zero-order chi connectivity index (χ0) is 16.9. The summed E-state index contributed by atoms with van der Waals surface area (Å²) in [4.78, 5) is 29.6. The lowest BCUT2D eigenvalue weighted by Crippen LogP contribution is -2.42. The van der Waals surface area contributed by atoms with Gasteiger partial charge in [-0.25, -0.2) is 9.78 Å². The van der Waals surface area contributed by atoms with Crippen molar-refractivity contribution in [3.63, 3.8) is 0 Å². The molecule has 1 aromatic heterocycles. The van der Waals surface area contributed by atoms with Gasteiger partial charge in [0.05, 0.1) is 18.5 Å². The minimum atomic E-state index is -0.233. The molecule has 2 heterocycles. The third-order valence-electron chi connectivity index (χ3n) is 4.30. The average molecular weight is 332 g/mol. The largest absolute Gasteiger partial charge is 0.450 e. The Labute approximate surface area is 141 Å². The molecule has 24 heavy (non-hydrogen) atoms. The van der Waals surface area contributed by atoms with Crippen LogP contribution in [0.15, 0.2) is 18.3 Å². The number of ether oxygens (including phenoxy) is 1. The molecule has 2 fully saturated rings. The molecule has 2 aliphatic rings. The molecular weight excluding hydrogens is 308 g/mol. The minimum absolute atomic E-state index is 0.105. The summed E-state index contributed by atoms with van der Waals surface area (Å²) in [5.74, 6) is -0.105. The van der Waals surface area contributed by atoms with Crippen molar-refractivity contribution in [3.05, 3.63) is 24.0 Å². The quantitative estimate of drug-likeness (QED) is 0.862. The Hall–Kier alpha value is -2.31. The van der Waals surface area contributed by atoms with Crippen molar-refractivity contribution in [2.75, 3.05) is 25.0 Å². The lowest BCUT2D eigenvalue weighted by atomic mass is 10.1. The van der Waals surface area contributed by atoms with E-state index in [9.17, 15) is 9.59 Å². The Morgan fingerprint density at radius 1 is 1.21 bits per heavy atom. The Kier molecular flexibility index (Phi) is 5.17. The monoisotopic (exact) mass is 332 g/mol. The van der Waals surface area contributed by atoms with Crippen LogP contribution in [0.2, 0.25) is 0 Å². The van der Waals surface area contributed by atoms with Crippen LogP contribution < -0.4 is 10.6 Å². The van der Waals surface area contributed by atoms with Gasteiger partial charge >= 0.3 is 6.09 Å². The van der Waals surface area contributed by atoms with E-state index in [-0.39, 0.29) is 12.0 Å². The molecule has 130 valence electrons. The van der Waals surface area contributed by atoms with Crippen LogP contribution in [0.5, 0.6) is 0 Å². The lowest BCUT2D eigenvalue weighted by Gasteiger charge is -2.32. The van der Waals surface area contributed by atoms with E-state index in [1.165, 1.54) is 0 Å². The summed E-state index contributed by atoms with van der Waals surface area (Å²) in [5.41, 5.74) is 1.34. The van der Waals surface area contributed by atoms with Gasteiger partial charge in [-0.3, -0.25) is 4.79 Å². The number of nitrogens with zero attached hydrogens (tertiary/aromatic N) is 2. The van der Waals surface area contributed by atoms with Crippen LogP contribution in [0.1, 0.15) is 43.1 Å². The van der Waals surface area contributed by atoms with E-state index in [0.717, 1.165) is 31.4 Å². The Morgan fingerprint density at radius 3 is 2.54 bits per heavy atom. The predicted molar refractivity (Wildman–Crippen MR) is 90.0 cm³/mol. The van der Waals surface area contributed by atoms with E-state index >= 15 is 0 Å². The second-order valence-electron chi connectivity index (χ2n) is 6.28. The lowest BCUT2D eigenvalue weighted by molar-refractivity contribution is 0.0945. The van der Waals surface area contributed by atoms with Crippen molar-refractivity contribution >= 4 is 17.7 Å². The number of aromatic nitrogens is 1. The fraction of sp³-hybridized carbons (Fsp3) is 0.588. The molecule has 2 amide bonds. The van der Waals surface area contributed by atoms with Crippen LogP contribution in [-0.4, -0.2) is 53.7 Å². The maximum absolute atomic E-state index is 11.9. The van der Waals surface area contributed by atoms with Gasteiger partial charge in [0.1, 0.15) is 5.69 Å². The standard InChI is InChI=1S/C17H24N4O3/c1-2-24-17(23)21-9-7-13(8-10-21)19-14-5-6-15(18-11-14)16(22)20-12-3-4-12/h5-6,11-13,19H,2-4,7-10H2,1H3,(H,20,22). The van der Waals surface area contributed by atoms with Gasteiger partial charge in [-0.1, -0.05) is 0 Å². The molecule has 1 aromatic rings. The molecule has 1 saturated carbocycles. The summed E-state index contributed by atoms with van der Waals surface area (Å²) < 4.78 is 5.02. The Bertz CT molecular complexity index is 578. The highest BCUT2D eigenvalue weighted by molar-refractivity contribution is 5.92. The summed E-state index contributed by atoms with van der Waals surface area (Å²) in [6.45, 7) is 3.59. The highest BCUT2D eigenvalue weighted by Crippen LogP contribution is 2.20. The topological polar surface area (TPSA) is 83.6 Å². The zero-order valence-corrected chi connectivity index (χ0v) is 14.0. The first-order valence-electron chi connectivity index (χ1n) is 8.61. The average Bonchev–Trinajstić information content (AvgIpc) is 3.40. The van der Waals surface area contributed by atoms with Crippen molar-refractivity contribution < 1.29 is 14.3 Å². The molecule has 0 spiro atoms. The number of piperidine rings is 1. The maximum atomic E-state index is 11.9. The van der Waals surface area contributed by atoms with E-state index in [0.29, 0.717) is 37.5 Å². The maximum Gasteiger partial charge on any atom is 0.409 e. The molecule has 0 atom stereocenters. The van der Waals surface area contributed by atoms with E-state index in [1.807, 2.05) is 13.0 Å².